The quantitative estimate of drug-likeness (QED) is 0.348. The Morgan fingerprint density at radius 1 is 0.952 bits per heavy atom. The van der Waals surface area contributed by atoms with Gasteiger partial charge in [0.2, 0.25) is 0 Å². The third kappa shape index (κ3) is 10.5. The Balaban J connectivity index is 1.72. The van der Waals surface area contributed by atoms with Gasteiger partial charge in [-0.05, 0) is 13.0 Å². The highest BCUT2D eigenvalue weighted by Crippen LogP contribution is 2.16. The highest BCUT2D eigenvalue weighted by Gasteiger charge is 2.15. The maximum Gasteiger partial charge on any atom is 0.137 e. The van der Waals surface area contributed by atoms with Crippen LogP contribution in [0.15, 0.2) is 0 Å². The summed E-state index contributed by atoms with van der Waals surface area (Å²) < 4.78 is 1.07. The normalized spacial score (nSPS) is 15.1. The van der Waals surface area contributed by atoms with E-state index in [1.807, 2.05) is 11.8 Å². The van der Waals surface area contributed by atoms with Crippen LogP contribution < -0.4 is 5.32 Å². The lowest BCUT2D eigenvalue weighted by atomic mass is 10.1. The number of nitrogens with zero attached hydrogens (tertiary/aromatic N) is 1. The van der Waals surface area contributed by atoms with E-state index in [4.69, 9.17) is 12.2 Å². The van der Waals surface area contributed by atoms with Crippen molar-refractivity contribution < 1.29 is 0 Å². The Labute approximate surface area is 141 Å². The van der Waals surface area contributed by atoms with Crippen LogP contribution in [0.5, 0.6) is 0 Å². The number of rotatable bonds is 14. The Hall–Kier alpha value is 0.200. The first-order chi connectivity index (χ1) is 10.3. The Bertz CT molecular complexity index is 259. The molecule has 4 heteroatoms. The van der Waals surface area contributed by atoms with Crippen molar-refractivity contribution in [2.45, 2.75) is 77.6 Å². The summed E-state index contributed by atoms with van der Waals surface area (Å²) in [6.45, 7) is 5.49. The first kappa shape index (κ1) is 19.2. The molecule has 21 heavy (non-hydrogen) atoms. The van der Waals surface area contributed by atoms with Crippen LogP contribution >= 0.6 is 24.0 Å². The topological polar surface area (TPSA) is 15.3 Å². The molecule has 2 nitrogen and oxygen atoms in total. The Morgan fingerprint density at radius 3 is 2.05 bits per heavy atom. The molecule has 0 aromatic carbocycles. The lowest BCUT2D eigenvalue weighted by Gasteiger charge is -2.17. The summed E-state index contributed by atoms with van der Waals surface area (Å²) in [7, 11) is 0. The van der Waals surface area contributed by atoms with Crippen LogP contribution in [0.1, 0.15) is 77.6 Å². The molecule has 1 heterocycles. The maximum atomic E-state index is 5.28. The molecule has 0 aromatic heterocycles. The minimum atomic E-state index is 0.948. The summed E-state index contributed by atoms with van der Waals surface area (Å²) in [5, 5.41) is 3.51. The number of hydrogen-bond donors (Lipinski definition) is 1. The van der Waals surface area contributed by atoms with Crippen LogP contribution in [0.3, 0.4) is 0 Å². The van der Waals surface area contributed by atoms with Crippen LogP contribution in [0, 0.1) is 0 Å². The van der Waals surface area contributed by atoms with Crippen molar-refractivity contribution in [1.82, 2.24) is 10.2 Å². The number of nitrogens with one attached hydrogen (secondary N) is 1. The molecule has 0 aliphatic carbocycles. The third-order valence-corrected chi connectivity index (χ3v) is 5.61. The summed E-state index contributed by atoms with van der Waals surface area (Å²) >= 11 is 7.09. The summed E-state index contributed by atoms with van der Waals surface area (Å²) in [4.78, 5) is 2.28. The van der Waals surface area contributed by atoms with Gasteiger partial charge in [0.1, 0.15) is 4.32 Å². The predicted molar refractivity (Wildman–Crippen MR) is 101 cm³/mol. The van der Waals surface area contributed by atoms with Gasteiger partial charge >= 0.3 is 0 Å². The van der Waals surface area contributed by atoms with E-state index in [0.717, 1.165) is 24.1 Å². The molecular formula is C17H34N2S2. The van der Waals surface area contributed by atoms with Crippen molar-refractivity contribution in [3.63, 3.8) is 0 Å². The number of hydrogen-bond acceptors (Lipinski definition) is 3. The highest BCUT2D eigenvalue weighted by atomic mass is 32.2. The average Bonchev–Trinajstić information content (AvgIpc) is 2.89. The zero-order valence-corrected chi connectivity index (χ0v) is 15.5. The first-order valence-electron chi connectivity index (χ1n) is 8.97. The molecule has 0 aromatic rings. The molecule has 124 valence electrons. The lowest BCUT2D eigenvalue weighted by molar-refractivity contribution is 0.413. The first-order valence-corrected chi connectivity index (χ1v) is 10.4. The van der Waals surface area contributed by atoms with Gasteiger partial charge in [-0.2, -0.15) is 0 Å². The van der Waals surface area contributed by atoms with Crippen molar-refractivity contribution in [3.05, 3.63) is 0 Å². The summed E-state index contributed by atoms with van der Waals surface area (Å²) in [5.41, 5.74) is 0. The fraction of sp³-hybridized carbons (Fsp3) is 0.941. The largest absolute Gasteiger partial charge is 0.344 e. The van der Waals surface area contributed by atoms with Gasteiger partial charge < -0.3 is 4.90 Å². The minimum Gasteiger partial charge on any atom is -0.344 e. The second kappa shape index (κ2) is 13.8. The van der Waals surface area contributed by atoms with Crippen LogP contribution in [0.25, 0.3) is 0 Å². The number of thiocarbonyl (C=S) groups is 1. The van der Waals surface area contributed by atoms with Gasteiger partial charge in [-0.3, -0.25) is 5.32 Å². The van der Waals surface area contributed by atoms with E-state index in [9.17, 15) is 0 Å². The van der Waals surface area contributed by atoms with Gasteiger partial charge in [0, 0.05) is 12.3 Å². The molecule has 0 amide bonds. The molecule has 0 radical (unpaired) electrons. The lowest BCUT2D eigenvalue weighted by Crippen LogP contribution is -2.34. The second-order valence-corrected chi connectivity index (χ2v) is 7.80. The smallest absolute Gasteiger partial charge is 0.137 e. The van der Waals surface area contributed by atoms with Crippen molar-refractivity contribution in [1.29, 1.82) is 0 Å². The Morgan fingerprint density at radius 2 is 1.52 bits per heavy atom. The summed E-state index contributed by atoms with van der Waals surface area (Å²) in [5.74, 6) is 1.17. The van der Waals surface area contributed by atoms with E-state index >= 15 is 0 Å². The number of unbranched alkanes of at least 4 members (excludes halogenated alkanes) is 10. The van der Waals surface area contributed by atoms with Crippen molar-refractivity contribution in [3.8, 4) is 0 Å². The van der Waals surface area contributed by atoms with Crippen LogP contribution in [-0.4, -0.2) is 34.7 Å². The molecule has 1 aliphatic rings. The van der Waals surface area contributed by atoms with E-state index < -0.39 is 0 Å². The van der Waals surface area contributed by atoms with Gasteiger partial charge in [-0.1, -0.05) is 95.1 Å². The Kier molecular flexibility index (Phi) is 12.7. The standard InChI is InChI=1S/C17H34N2S2/c1-2-3-4-5-6-7-8-9-10-11-12-13-18-16-19-14-15-21-17(19)20/h18H,2-16H2,1H3. The summed E-state index contributed by atoms with van der Waals surface area (Å²) in [6, 6.07) is 0. The molecule has 0 atom stereocenters. The highest BCUT2D eigenvalue weighted by molar-refractivity contribution is 8.23. The number of thioether (sulfide) groups is 1. The van der Waals surface area contributed by atoms with Gasteiger partial charge in [0.15, 0.2) is 0 Å². The molecule has 1 saturated heterocycles. The molecule has 0 saturated carbocycles. The molecule has 1 rings (SSSR count). The zero-order valence-electron chi connectivity index (χ0n) is 13.9. The van der Waals surface area contributed by atoms with Gasteiger partial charge in [0.25, 0.3) is 0 Å². The van der Waals surface area contributed by atoms with E-state index in [0.29, 0.717) is 0 Å². The monoisotopic (exact) mass is 330 g/mol. The molecule has 0 bridgehead atoms. The summed E-state index contributed by atoms with van der Waals surface area (Å²) in [6.07, 6.45) is 15.6. The van der Waals surface area contributed by atoms with Crippen LogP contribution in [0.2, 0.25) is 0 Å². The molecule has 1 N–H and O–H groups in total. The van der Waals surface area contributed by atoms with E-state index in [-0.39, 0.29) is 0 Å². The van der Waals surface area contributed by atoms with Crippen molar-refractivity contribution in [2.24, 2.45) is 0 Å². The fourth-order valence-electron chi connectivity index (χ4n) is 2.70. The molecule has 0 spiro atoms. The molecule has 1 fully saturated rings. The SMILES string of the molecule is CCCCCCCCCCCCCNCN1CCSC1=S. The maximum absolute atomic E-state index is 5.28. The fourth-order valence-corrected chi connectivity index (χ4v) is 3.93. The van der Waals surface area contributed by atoms with Crippen molar-refractivity contribution in [2.75, 3.05) is 25.5 Å². The van der Waals surface area contributed by atoms with Crippen LogP contribution in [-0.2, 0) is 0 Å². The predicted octanol–water partition coefficient (Wildman–Crippen LogP) is 5.18. The van der Waals surface area contributed by atoms with Crippen molar-refractivity contribution >= 4 is 28.3 Å². The zero-order chi connectivity index (χ0) is 15.2. The average molecular weight is 331 g/mol. The van der Waals surface area contributed by atoms with Gasteiger partial charge in [-0.25, -0.2) is 0 Å². The van der Waals surface area contributed by atoms with E-state index in [1.54, 1.807) is 0 Å². The molecule has 0 unspecified atom stereocenters. The third-order valence-electron chi connectivity index (χ3n) is 4.10. The van der Waals surface area contributed by atoms with Gasteiger partial charge in [0.05, 0.1) is 6.67 Å². The second-order valence-electron chi connectivity index (χ2n) is 6.07. The molecular weight excluding hydrogens is 296 g/mol. The van der Waals surface area contributed by atoms with E-state index in [2.05, 4.69) is 17.1 Å². The van der Waals surface area contributed by atoms with Crippen LogP contribution in [0.4, 0.5) is 0 Å². The minimum absolute atomic E-state index is 0.948. The molecule has 1 aliphatic heterocycles. The van der Waals surface area contributed by atoms with Gasteiger partial charge in [-0.15, -0.1) is 0 Å². The van der Waals surface area contributed by atoms with E-state index in [1.165, 1.54) is 76.4 Å².